The highest BCUT2D eigenvalue weighted by atomic mass is 16.5. The summed E-state index contributed by atoms with van der Waals surface area (Å²) in [5.74, 6) is 0.423. The molecule has 1 aromatic carbocycles. The van der Waals surface area contributed by atoms with Gasteiger partial charge in [0.2, 0.25) is 5.91 Å². The molecule has 1 aromatic rings. The summed E-state index contributed by atoms with van der Waals surface area (Å²) in [6.07, 6.45) is -0.0159. The lowest BCUT2D eigenvalue weighted by Crippen LogP contribution is -2.52. The highest BCUT2D eigenvalue weighted by Gasteiger charge is 2.31. The van der Waals surface area contributed by atoms with Crippen molar-refractivity contribution in [3.63, 3.8) is 0 Å². The van der Waals surface area contributed by atoms with Crippen LogP contribution in [0.15, 0.2) is 24.3 Å². The van der Waals surface area contributed by atoms with Gasteiger partial charge in [-0.3, -0.25) is 9.59 Å². The third kappa shape index (κ3) is 3.06. The van der Waals surface area contributed by atoms with Crippen LogP contribution in [-0.2, 0) is 20.7 Å². The molecule has 0 spiro atoms. The van der Waals surface area contributed by atoms with Crippen LogP contribution in [0, 0.1) is 0 Å². The van der Waals surface area contributed by atoms with Crippen LogP contribution in [0.5, 0.6) is 5.75 Å². The molecule has 1 saturated heterocycles. The van der Waals surface area contributed by atoms with Crippen LogP contribution in [0.2, 0.25) is 0 Å². The fourth-order valence-corrected chi connectivity index (χ4v) is 2.75. The van der Waals surface area contributed by atoms with E-state index < -0.39 is 12.1 Å². The number of hydrogen-bond donors (Lipinski definition) is 1. The molecule has 2 aliphatic heterocycles. The zero-order chi connectivity index (χ0) is 15.5. The molecule has 2 aliphatic rings. The molecule has 1 fully saturated rings. The Kier molecular flexibility index (Phi) is 4.29. The maximum atomic E-state index is 12.3. The van der Waals surface area contributed by atoms with E-state index in [-0.39, 0.29) is 11.8 Å². The molecule has 3 rings (SSSR count). The molecule has 2 amide bonds. The van der Waals surface area contributed by atoms with Crippen LogP contribution in [0.4, 0.5) is 0 Å². The van der Waals surface area contributed by atoms with E-state index in [9.17, 15) is 9.59 Å². The average Bonchev–Trinajstić information content (AvgIpc) is 2.99. The molecule has 0 saturated carbocycles. The Morgan fingerprint density at radius 2 is 2.00 bits per heavy atom. The Labute approximate surface area is 129 Å². The zero-order valence-corrected chi connectivity index (χ0v) is 12.6. The van der Waals surface area contributed by atoms with Gasteiger partial charge in [-0.25, -0.2) is 0 Å². The van der Waals surface area contributed by atoms with Crippen LogP contribution in [0.1, 0.15) is 12.5 Å². The minimum absolute atomic E-state index is 0.0767. The maximum Gasteiger partial charge on any atom is 0.262 e. The normalized spacial score (nSPS) is 21.7. The number of ether oxygens (including phenoxy) is 2. The first-order valence-electron chi connectivity index (χ1n) is 7.56. The lowest BCUT2D eigenvalue weighted by atomic mass is 10.1. The predicted octanol–water partition coefficient (Wildman–Crippen LogP) is 0.354. The van der Waals surface area contributed by atoms with Gasteiger partial charge in [-0.2, -0.15) is 0 Å². The Hall–Kier alpha value is -2.08. The Bertz CT molecular complexity index is 544. The van der Waals surface area contributed by atoms with Crippen molar-refractivity contribution in [1.82, 2.24) is 10.2 Å². The molecule has 0 aromatic heterocycles. The summed E-state index contributed by atoms with van der Waals surface area (Å²) in [5, 5.41) is 2.76. The van der Waals surface area contributed by atoms with Crippen molar-refractivity contribution in [2.75, 3.05) is 26.3 Å². The summed E-state index contributed by atoms with van der Waals surface area (Å²) < 4.78 is 10.9. The molecular formula is C16H20N2O4. The molecule has 2 heterocycles. The van der Waals surface area contributed by atoms with E-state index in [0.29, 0.717) is 32.7 Å². The summed E-state index contributed by atoms with van der Waals surface area (Å²) in [4.78, 5) is 26.3. The molecule has 0 radical (unpaired) electrons. The van der Waals surface area contributed by atoms with Crippen LogP contribution >= 0.6 is 0 Å². The minimum atomic E-state index is -0.558. The summed E-state index contributed by atoms with van der Waals surface area (Å²) >= 11 is 0. The summed E-state index contributed by atoms with van der Waals surface area (Å²) in [6.45, 7) is 3.95. The zero-order valence-electron chi connectivity index (χ0n) is 12.6. The second-order valence-corrected chi connectivity index (χ2v) is 5.59. The summed E-state index contributed by atoms with van der Waals surface area (Å²) in [5.41, 5.74) is 1.02. The highest BCUT2D eigenvalue weighted by molar-refractivity contribution is 5.89. The van der Waals surface area contributed by atoms with E-state index in [1.165, 1.54) is 0 Å². The molecule has 0 bridgehead atoms. The number of rotatable bonds is 3. The van der Waals surface area contributed by atoms with E-state index in [1.54, 1.807) is 11.8 Å². The molecule has 1 N–H and O–H groups in total. The van der Waals surface area contributed by atoms with Crippen molar-refractivity contribution in [2.24, 2.45) is 0 Å². The number of morpholine rings is 1. The fourth-order valence-electron chi connectivity index (χ4n) is 2.75. The van der Waals surface area contributed by atoms with Gasteiger partial charge in [-0.15, -0.1) is 0 Å². The van der Waals surface area contributed by atoms with Gasteiger partial charge in [-0.1, -0.05) is 18.2 Å². The third-order valence-corrected chi connectivity index (χ3v) is 3.99. The third-order valence-electron chi connectivity index (χ3n) is 3.99. The van der Waals surface area contributed by atoms with E-state index in [4.69, 9.17) is 9.47 Å². The second kappa shape index (κ2) is 6.36. The number of nitrogens with one attached hydrogen (secondary N) is 1. The lowest BCUT2D eigenvalue weighted by molar-refractivity contribution is -0.140. The van der Waals surface area contributed by atoms with Crippen molar-refractivity contribution in [3.8, 4) is 5.75 Å². The molecular weight excluding hydrogens is 284 g/mol. The van der Waals surface area contributed by atoms with Gasteiger partial charge >= 0.3 is 0 Å². The number of fused-ring (bicyclic) bond motifs is 1. The SMILES string of the molecule is C[C@@H](NC(=O)[C@@H]1Cc2ccccc2O1)C(=O)N1CCOCC1. The molecule has 22 heavy (non-hydrogen) atoms. The average molecular weight is 304 g/mol. The van der Waals surface area contributed by atoms with Crippen molar-refractivity contribution in [3.05, 3.63) is 29.8 Å². The van der Waals surface area contributed by atoms with E-state index in [2.05, 4.69) is 5.32 Å². The van der Waals surface area contributed by atoms with E-state index >= 15 is 0 Å². The summed E-state index contributed by atoms with van der Waals surface area (Å²) in [6, 6.07) is 7.05. The van der Waals surface area contributed by atoms with Crippen LogP contribution in [-0.4, -0.2) is 55.2 Å². The van der Waals surface area contributed by atoms with Crippen molar-refractivity contribution < 1.29 is 19.1 Å². The van der Waals surface area contributed by atoms with Crippen LogP contribution in [0.3, 0.4) is 0 Å². The van der Waals surface area contributed by atoms with Gasteiger partial charge in [0.15, 0.2) is 6.10 Å². The lowest BCUT2D eigenvalue weighted by Gasteiger charge is -2.29. The number of amides is 2. The van der Waals surface area contributed by atoms with E-state index in [1.807, 2.05) is 24.3 Å². The number of nitrogens with zero attached hydrogens (tertiary/aromatic N) is 1. The number of hydrogen-bond acceptors (Lipinski definition) is 4. The summed E-state index contributed by atoms with van der Waals surface area (Å²) in [7, 11) is 0. The van der Waals surface area contributed by atoms with Crippen LogP contribution < -0.4 is 10.1 Å². The van der Waals surface area contributed by atoms with E-state index in [0.717, 1.165) is 11.3 Å². The number of carbonyl (C=O) groups excluding carboxylic acids is 2. The van der Waals surface area contributed by atoms with Crippen molar-refractivity contribution in [1.29, 1.82) is 0 Å². The van der Waals surface area contributed by atoms with Crippen molar-refractivity contribution in [2.45, 2.75) is 25.5 Å². The first-order valence-corrected chi connectivity index (χ1v) is 7.56. The Morgan fingerprint density at radius 1 is 1.27 bits per heavy atom. The monoisotopic (exact) mass is 304 g/mol. The standard InChI is InChI=1S/C16H20N2O4/c1-11(16(20)18-6-8-21-9-7-18)17-15(19)14-10-12-4-2-3-5-13(12)22-14/h2-5,11,14H,6-10H2,1H3,(H,17,19)/t11-,14+/m1/s1. The topological polar surface area (TPSA) is 67.9 Å². The molecule has 6 nitrogen and oxygen atoms in total. The smallest absolute Gasteiger partial charge is 0.262 e. The molecule has 0 aliphatic carbocycles. The van der Waals surface area contributed by atoms with Gasteiger partial charge < -0.3 is 19.7 Å². The second-order valence-electron chi connectivity index (χ2n) is 5.59. The fraction of sp³-hybridized carbons (Fsp3) is 0.500. The molecule has 6 heteroatoms. The van der Waals surface area contributed by atoms with Crippen LogP contribution in [0.25, 0.3) is 0 Å². The molecule has 118 valence electrons. The number of carbonyl (C=O) groups is 2. The Balaban J connectivity index is 1.54. The molecule has 2 atom stereocenters. The maximum absolute atomic E-state index is 12.3. The van der Waals surface area contributed by atoms with Gasteiger partial charge in [0, 0.05) is 19.5 Å². The van der Waals surface area contributed by atoms with Crippen molar-refractivity contribution >= 4 is 11.8 Å². The highest BCUT2D eigenvalue weighted by Crippen LogP contribution is 2.28. The predicted molar refractivity (Wildman–Crippen MR) is 79.6 cm³/mol. The molecule has 0 unspecified atom stereocenters. The number of para-hydroxylation sites is 1. The van der Waals surface area contributed by atoms with Gasteiger partial charge in [0.25, 0.3) is 5.91 Å². The quantitative estimate of drug-likeness (QED) is 0.875. The minimum Gasteiger partial charge on any atom is -0.480 e. The Morgan fingerprint density at radius 3 is 2.73 bits per heavy atom. The first-order chi connectivity index (χ1) is 10.6. The van der Waals surface area contributed by atoms with Gasteiger partial charge in [-0.05, 0) is 18.6 Å². The van der Waals surface area contributed by atoms with Gasteiger partial charge in [0.1, 0.15) is 11.8 Å². The largest absolute Gasteiger partial charge is 0.480 e. The number of benzene rings is 1. The van der Waals surface area contributed by atoms with Gasteiger partial charge in [0.05, 0.1) is 13.2 Å². The first kappa shape index (κ1) is 14.8.